The number of anilines is 1. The van der Waals surface area contributed by atoms with E-state index in [0.29, 0.717) is 17.9 Å². The maximum absolute atomic E-state index is 5.97. The Balaban J connectivity index is 1.28. The number of hydrogen-bond donors (Lipinski definition) is 2. The fourth-order valence-electron chi connectivity index (χ4n) is 3.24. The van der Waals surface area contributed by atoms with Crippen LogP contribution in [0.25, 0.3) is 0 Å². The zero-order valence-corrected chi connectivity index (χ0v) is 13.9. The van der Waals surface area contributed by atoms with Gasteiger partial charge in [0, 0.05) is 23.4 Å². The summed E-state index contributed by atoms with van der Waals surface area (Å²) in [6, 6.07) is 17.5. The average Bonchev–Trinajstić information content (AvgIpc) is 3.23. The van der Waals surface area contributed by atoms with Crippen LogP contribution in [0.3, 0.4) is 0 Å². The highest BCUT2D eigenvalue weighted by molar-refractivity contribution is 8.00. The van der Waals surface area contributed by atoms with Crippen LogP contribution in [0, 0.1) is 0 Å². The van der Waals surface area contributed by atoms with Crippen LogP contribution in [0.5, 0.6) is 5.75 Å². The Labute approximate surface area is 141 Å². The predicted molar refractivity (Wildman–Crippen MR) is 97.4 cm³/mol. The molecule has 1 fully saturated rings. The zero-order chi connectivity index (χ0) is 15.5. The predicted octanol–water partition coefficient (Wildman–Crippen LogP) is 3.31. The van der Waals surface area contributed by atoms with Crippen molar-refractivity contribution in [2.45, 2.75) is 24.1 Å². The number of rotatable bonds is 5. The van der Waals surface area contributed by atoms with Crippen LogP contribution in [0.1, 0.15) is 11.1 Å². The van der Waals surface area contributed by atoms with Gasteiger partial charge in [-0.3, -0.25) is 0 Å². The monoisotopic (exact) mass is 326 g/mol. The van der Waals surface area contributed by atoms with Gasteiger partial charge in [0.05, 0.1) is 6.04 Å². The summed E-state index contributed by atoms with van der Waals surface area (Å²) in [6.45, 7) is 1.83. The van der Waals surface area contributed by atoms with E-state index in [4.69, 9.17) is 4.74 Å². The minimum absolute atomic E-state index is 0.369. The van der Waals surface area contributed by atoms with Crippen molar-refractivity contribution >= 4 is 17.4 Å². The van der Waals surface area contributed by atoms with Gasteiger partial charge in [0.2, 0.25) is 0 Å². The van der Waals surface area contributed by atoms with Crippen molar-refractivity contribution in [2.24, 2.45) is 0 Å². The van der Waals surface area contributed by atoms with Gasteiger partial charge >= 0.3 is 0 Å². The molecule has 0 saturated carbocycles. The van der Waals surface area contributed by atoms with E-state index in [2.05, 4.69) is 59.2 Å². The first-order valence-corrected chi connectivity index (χ1v) is 9.30. The molecule has 2 heterocycles. The number of benzene rings is 2. The highest BCUT2D eigenvalue weighted by Crippen LogP contribution is 2.26. The molecule has 2 N–H and O–H groups in total. The normalized spacial score (nSPS) is 22.6. The Morgan fingerprint density at radius 2 is 1.96 bits per heavy atom. The fourth-order valence-corrected chi connectivity index (χ4v) is 4.26. The second-order valence-electron chi connectivity index (χ2n) is 6.25. The first-order valence-electron chi connectivity index (χ1n) is 8.25. The van der Waals surface area contributed by atoms with Crippen molar-refractivity contribution in [3.8, 4) is 5.75 Å². The van der Waals surface area contributed by atoms with E-state index >= 15 is 0 Å². The quantitative estimate of drug-likeness (QED) is 0.883. The highest BCUT2D eigenvalue weighted by atomic mass is 32.2. The van der Waals surface area contributed by atoms with Crippen LogP contribution >= 0.6 is 11.8 Å². The van der Waals surface area contributed by atoms with Crippen LogP contribution in [-0.4, -0.2) is 30.3 Å². The Bertz CT molecular complexity index is 628. The highest BCUT2D eigenvalue weighted by Gasteiger charge is 2.20. The number of nitrogens with one attached hydrogen (secondary N) is 2. The largest absolute Gasteiger partial charge is 0.491 e. The van der Waals surface area contributed by atoms with Gasteiger partial charge in [-0.2, -0.15) is 0 Å². The molecule has 1 saturated heterocycles. The zero-order valence-electron chi connectivity index (χ0n) is 13.1. The van der Waals surface area contributed by atoms with Crippen molar-refractivity contribution in [2.75, 3.05) is 24.3 Å². The summed E-state index contributed by atoms with van der Waals surface area (Å²) in [5, 5.41) is 7.64. The Hall–Kier alpha value is -1.65. The van der Waals surface area contributed by atoms with Gasteiger partial charge in [-0.05, 0) is 42.2 Å². The third-order valence-corrected chi connectivity index (χ3v) is 5.65. The van der Waals surface area contributed by atoms with Gasteiger partial charge in [0.25, 0.3) is 0 Å². The third kappa shape index (κ3) is 3.65. The molecule has 0 radical (unpaired) electrons. The molecule has 4 heteroatoms. The van der Waals surface area contributed by atoms with Crippen LogP contribution in [-0.2, 0) is 12.8 Å². The molecule has 0 spiro atoms. The Morgan fingerprint density at radius 1 is 1.09 bits per heavy atom. The summed E-state index contributed by atoms with van der Waals surface area (Å²) < 4.78 is 5.97. The number of fused-ring (bicyclic) bond motifs is 1. The van der Waals surface area contributed by atoms with Gasteiger partial charge in [-0.1, -0.05) is 30.3 Å². The van der Waals surface area contributed by atoms with Gasteiger partial charge in [0.15, 0.2) is 0 Å². The van der Waals surface area contributed by atoms with Crippen LogP contribution in [0.2, 0.25) is 0 Å². The molecule has 2 aliphatic heterocycles. The smallest absolute Gasteiger partial charge is 0.119 e. The van der Waals surface area contributed by atoms with Crippen molar-refractivity contribution < 1.29 is 4.74 Å². The standard InChI is InChI=1S/C19H22N2OS/c1-2-4-19-15(3-1)10-16(21-19)12-22-17-7-5-14(6-8-17)9-18-11-20-13-23-18/h1-8,16,18,20-21H,9-13H2. The molecule has 23 heavy (non-hydrogen) atoms. The average molecular weight is 326 g/mol. The SMILES string of the molecule is c1ccc2c(c1)CC(COc1ccc(CC3CNCS3)cc1)N2. The van der Waals surface area contributed by atoms with E-state index in [1.165, 1.54) is 16.8 Å². The minimum atomic E-state index is 0.369. The molecule has 2 aliphatic rings. The molecular weight excluding hydrogens is 304 g/mol. The third-order valence-electron chi connectivity index (χ3n) is 4.47. The molecule has 4 rings (SSSR count). The Kier molecular flexibility index (Phi) is 4.44. The summed E-state index contributed by atoms with van der Waals surface area (Å²) in [4.78, 5) is 0. The number of thioether (sulfide) groups is 1. The van der Waals surface area contributed by atoms with E-state index in [0.717, 1.165) is 31.0 Å². The summed E-state index contributed by atoms with van der Waals surface area (Å²) in [5.41, 5.74) is 4.03. The molecule has 0 aliphatic carbocycles. The molecule has 2 atom stereocenters. The first-order chi connectivity index (χ1) is 11.4. The maximum atomic E-state index is 5.97. The van der Waals surface area contributed by atoms with Gasteiger partial charge < -0.3 is 15.4 Å². The maximum Gasteiger partial charge on any atom is 0.119 e. The minimum Gasteiger partial charge on any atom is -0.491 e. The molecule has 2 aromatic rings. The summed E-state index contributed by atoms with van der Waals surface area (Å²) >= 11 is 2.01. The van der Waals surface area contributed by atoms with Crippen molar-refractivity contribution in [1.82, 2.24) is 5.32 Å². The molecule has 0 aromatic heterocycles. The van der Waals surface area contributed by atoms with Gasteiger partial charge in [-0.25, -0.2) is 0 Å². The molecule has 0 bridgehead atoms. The summed E-state index contributed by atoms with van der Waals surface area (Å²) in [7, 11) is 0. The molecule has 120 valence electrons. The van der Waals surface area contributed by atoms with Crippen molar-refractivity contribution in [1.29, 1.82) is 0 Å². The summed E-state index contributed by atoms with van der Waals surface area (Å²) in [5.74, 6) is 2.05. The summed E-state index contributed by atoms with van der Waals surface area (Å²) in [6.07, 6.45) is 2.18. The van der Waals surface area contributed by atoms with Gasteiger partial charge in [0.1, 0.15) is 12.4 Å². The van der Waals surface area contributed by atoms with E-state index in [1.54, 1.807) is 0 Å². The van der Waals surface area contributed by atoms with Gasteiger partial charge in [-0.15, -0.1) is 11.8 Å². The van der Waals surface area contributed by atoms with Crippen LogP contribution in [0.4, 0.5) is 5.69 Å². The first kappa shape index (κ1) is 14.9. The van der Waals surface area contributed by atoms with Crippen molar-refractivity contribution in [3.63, 3.8) is 0 Å². The van der Waals surface area contributed by atoms with E-state index < -0.39 is 0 Å². The topological polar surface area (TPSA) is 33.3 Å². The van der Waals surface area contributed by atoms with E-state index in [9.17, 15) is 0 Å². The fraction of sp³-hybridized carbons (Fsp3) is 0.368. The second-order valence-corrected chi connectivity index (χ2v) is 7.54. The number of hydrogen-bond acceptors (Lipinski definition) is 4. The lowest BCUT2D eigenvalue weighted by molar-refractivity contribution is 0.299. The number of ether oxygens (including phenoxy) is 1. The molecule has 2 unspecified atom stereocenters. The lowest BCUT2D eigenvalue weighted by atomic mass is 10.1. The number of para-hydroxylation sites is 1. The van der Waals surface area contributed by atoms with Crippen molar-refractivity contribution in [3.05, 3.63) is 59.7 Å². The van der Waals surface area contributed by atoms with E-state index in [1.807, 2.05) is 11.8 Å². The van der Waals surface area contributed by atoms with E-state index in [-0.39, 0.29) is 0 Å². The second kappa shape index (κ2) is 6.85. The molecule has 0 amide bonds. The lowest BCUT2D eigenvalue weighted by Crippen LogP contribution is -2.24. The Morgan fingerprint density at radius 3 is 2.74 bits per heavy atom. The van der Waals surface area contributed by atoms with Crippen LogP contribution in [0.15, 0.2) is 48.5 Å². The molecule has 2 aromatic carbocycles. The van der Waals surface area contributed by atoms with Crippen LogP contribution < -0.4 is 15.4 Å². The lowest BCUT2D eigenvalue weighted by Gasteiger charge is -2.14. The molecule has 3 nitrogen and oxygen atoms in total. The molecular formula is C19H22N2OS.